The quantitative estimate of drug-likeness (QED) is 0.576. The lowest BCUT2D eigenvalue weighted by atomic mass is 9.85. The fourth-order valence-electron chi connectivity index (χ4n) is 4.32. The highest BCUT2D eigenvalue weighted by Crippen LogP contribution is 2.34. The van der Waals surface area contributed by atoms with Crippen LogP contribution in [-0.4, -0.2) is 34.7 Å². The van der Waals surface area contributed by atoms with Gasteiger partial charge in [-0.3, -0.25) is 9.59 Å². The Hall–Kier alpha value is -3.20. The molecule has 3 heterocycles. The van der Waals surface area contributed by atoms with E-state index in [0.29, 0.717) is 30.2 Å². The van der Waals surface area contributed by atoms with Gasteiger partial charge in [-0.15, -0.1) is 0 Å². The molecule has 0 unspecified atom stereocenters. The highest BCUT2D eigenvalue weighted by Gasteiger charge is 2.39. The summed E-state index contributed by atoms with van der Waals surface area (Å²) in [4.78, 5) is 43.4. The van der Waals surface area contributed by atoms with Crippen LogP contribution in [0.3, 0.4) is 0 Å². The van der Waals surface area contributed by atoms with E-state index in [9.17, 15) is 14.4 Å². The average molecular weight is 425 g/mol. The molecule has 0 bridgehead atoms. The number of carbonyl (C=O) groups excluding carboxylic acids is 2. The Labute approximate surface area is 180 Å². The molecular formula is C22H27N5O4. The van der Waals surface area contributed by atoms with Gasteiger partial charge < -0.3 is 25.7 Å². The van der Waals surface area contributed by atoms with Crippen LogP contribution >= 0.6 is 0 Å². The molecule has 0 radical (unpaired) electrons. The topological polar surface area (TPSA) is 125 Å². The van der Waals surface area contributed by atoms with Crippen LogP contribution in [0.2, 0.25) is 0 Å². The number of urea groups is 1. The molecule has 3 atom stereocenters. The fourth-order valence-corrected chi connectivity index (χ4v) is 4.32. The van der Waals surface area contributed by atoms with E-state index in [1.54, 1.807) is 13.8 Å². The number of hydrogen-bond donors (Lipinski definition) is 4. The number of aryl methyl sites for hydroxylation is 2. The standard InChI is InChI=1S/C22H27N5O4/c1-12-17(20(29)25-13(2)24-12)10-18(28)23-11-14-5-3-6-15(9-14)19-16-7-4-8-31-21(16)27-22(30)26-19/h3,5-6,9,16,19,21H,4,7-8,10-11H2,1-2H3,(H,23,28)(H,24,25,29)(H2,26,27,30)/t16-,19-,21-/m0/s1. The summed E-state index contributed by atoms with van der Waals surface area (Å²) in [6.07, 6.45) is 1.61. The van der Waals surface area contributed by atoms with E-state index < -0.39 is 0 Å². The fraction of sp³-hybridized carbons (Fsp3) is 0.455. The second-order valence-electron chi connectivity index (χ2n) is 8.11. The number of ether oxygens (including phenoxy) is 1. The molecule has 9 heteroatoms. The number of aromatic amines is 1. The lowest BCUT2D eigenvalue weighted by Crippen LogP contribution is -2.58. The van der Waals surface area contributed by atoms with E-state index in [0.717, 1.165) is 24.0 Å². The third-order valence-corrected chi connectivity index (χ3v) is 5.83. The van der Waals surface area contributed by atoms with E-state index in [4.69, 9.17) is 4.74 Å². The van der Waals surface area contributed by atoms with Crippen molar-refractivity contribution in [1.82, 2.24) is 25.9 Å². The summed E-state index contributed by atoms with van der Waals surface area (Å²) in [5.74, 6) is 0.430. The molecule has 4 rings (SSSR count). The zero-order valence-electron chi connectivity index (χ0n) is 17.7. The normalized spacial score (nSPS) is 22.8. The Bertz CT molecular complexity index is 1050. The SMILES string of the molecule is Cc1nc(C)c(CC(=O)NCc2cccc([C@@H]3NC(=O)N[C@H]4OCCC[C@H]43)c2)c(=O)[nH]1. The van der Waals surface area contributed by atoms with Gasteiger partial charge in [-0.05, 0) is 37.8 Å². The summed E-state index contributed by atoms with van der Waals surface area (Å²) in [5.41, 5.74) is 2.55. The van der Waals surface area contributed by atoms with E-state index >= 15 is 0 Å². The maximum absolute atomic E-state index is 12.4. The smallest absolute Gasteiger partial charge is 0.317 e. The molecule has 4 N–H and O–H groups in total. The van der Waals surface area contributed by atoms with Crippen molar-refractivity contribution < 1.29 is 14.3 Å². The van der Waals surface area contributed by atoms with Crippen molar-refractivity contribution in [3.63, 3.8) is 0 Å². The molecule has 2 saturated heterocycles. The molecule has 1 aromatic carbocycles. The van der Waals surface area contributed by atoms with Gasteiger partial charge in [0, 0.05) is 30.3 Å². The second kappa shape index (κ2) is 8.89. The average Bonchev–Trinajstić information content (AvgIpc) is 2.74. The Morgan fingerprint density at radius 2 is 2.10 bits per heavy atom. The van der Waals surface area contributed by atoms with E-state index in [2.05, 4.69) is 25.9 Å². The van der Waals surface area contributed by atoms with Crippen molar-refractivity contribution in [2.45, 2.75) is 51.9 Å². The number of rotatable bonds is 5. The summed E-state index contributed by atoms with van der Waals surface area (Å²) in [6.45, 7) is 4.41. The van der Waals surface area contributed by atoms with Crippen molar-refractivity contribution in [2.75, 3.05) is 6.61 Å². The number of H-pyrrole nitrogens is 1. The van der Waals surface area contributed by atoms with Crippen LogP contribution in [0.1, 0.15) is 47.1 Å². The van der Waals surface area contributed by atoms with Gasteiger partial charge in [0.05, 0.1) is 12.5 Å². The van der Waals surface area contributed by atoms with Crippen LogP contribution < -0.4 is 21.5 Å². The number of aromatic nitrogens is 2. The third-order valence-electron chi connectivity index (χ3n) is 5.83. The minimum Gasteiger partial charge on any atom is -0.358 e. The Kier molecular flexibility index (Phi) is 6.03. The predicted octanol–water partition coefficient (Wildman–Crippen LogP) is 1.35. The minimum atomic E-state index is -0.284. The van der Waals surface area contributed by atoms with Gasteiger partial charge >= 0.3 is 6.03 Å². The number of nitrogens with zero attached hydrogens (tertiary/aromatic N) is 1. The molecular weight excluding hydrogens is 398 g/mol. The van der Waals surface area contributed by atoms with Gasteiger partial charge in [0.1, 0.15) is 12.1 Å². The number of amides is 3. The Morgan fingerprint density at radius 1 is 1.26 bits per heavy atom. The minimum absolute atomic E-state index is 0.0282. The maximum Gasteiger partial charge on any atom is 0.317 e. The van der Waals surface area contributed by atoms with Gasteiger partial charge in [-0.2, -0.15) is 0 Å². The van der Waals surface area contributed by atoms with Gasteiger partial charge in [0.15, 0.2) is 0 Å². The van der Waals surface area contributed by atoms with Gasteiger partial charge in [-0.1, -0.05) is 24.3 Å². The highest BCUT2D eigenvalue weighted by molar-refractivity contribution is 5.78. The van der Waals surface area contributed by atoms with Crippen LogP contribution in [0.15, 0.2) is 29.1 Å². The van der Waals surface area contributed by atoms with Crippen molar-refractivity contribution in [3.8, 4) is 0 Å². The lowest BCUT2D eigenvalue weighted by Gasteiger charge is -2.42. The molecule has 3 amide bonds. The monoisotopic (exact) mass is 425 g/mol. The number of carbonyl (C=O) groups is 2. The van der Waals surface area contributed by atoms with E-state index in [1.165, 1.54) is 0 Å². The molecule has 0 saturated carbocycles. The first-order valence-electron chi connectivity index (χ1n) is 10.5. The van der Waals surface area contributed by atoms with Gasteiger partial charge in [0.25, 0.3) is 5.56 Å². The summed E-state index contributed by atoms with van der Waals surface area (Å²) >= 11 is 0. The molecule has 9 nitrogen and oxygen atoms in total. The summed E-state index contributed by atoms with van der Waals surface area (Å²) in [7, 11) is 0. The second-order valence-corrected chi connectivity index (χ2v) is 8.11. The zero-order chi connectivity index (χ0) is 22.0. The van der Waals surface area contributed by atoms with Crippen molar-refractivity contribution in [1.29, 1.82) is 0 Å². The van der Waals surface area contributed by atoms with Gasteiger partial charge in [0.2, 0.25) is 5.91 Å². The highest BCUT2D eigenvalue weighted by atomic mass is 16.5. The predicted molar refractivity (Wildman–Crippen MR) is 113 cm³/mol. The molecule has 0 spiro atoms. The molecule has 2 aliphatic rings. The number of nitrogens with one attached hydrogen (secondary N) is 4. The zero-order valence-corrected chi connectivity index (χ0v) is 17.7. The first kappa shape index (κ1) is 21.0. The maximum atomic E-state index is 12.4. The van der Waals surface area contributed by atoms with Crippen LogP contribution in [0, 0.1) is 19.8 Å². The lowest BCUT2D eigenvalue weighted by molar-refractivity contribution is -0.120. The summed E-state index contributed by atoms with van der Waals surface area (Å²) in [6, 6.07) is 7.44. The van der Waals surface area contributed by atoms with Gasteiger partial charge in [-0.25, -0.2) is 9.78 Å². The molecule has 1 aromatic heterocycles. The molecule has 164 valence electrons. The third kappa shape index (κ3) is 4.77. The van der Waals surface area contributed by atoms with Crippen LogP contribution in [0.5, 0.6) is 0 Å². The summed E-state index contributed by atoms with van der Waals surface area (Å²) in [5, 5.41) is 8.72. The molecule has 0 aliphatic carbocycles. The van der Waals surface area contributed by atoms with Crippen molar-refractivity contribution >= 4 is 11.9 Å². The number of hydrogen-bond acceptors (Lipinski definition) is 5. The molecule has 31 heavy (non-hydrogen) atoms. The van der Waals surface area contributed by atoms with E-state index in [1.807, 2.05) is 24.3 Å². The Morgan fingerprint density at radius 3 is 2.90 bits per heavy atom. The molecule has 2 aromatic rings. The molecule has 2 fully saturated rings. The Balaban J connectivity index is 1.42. The van der Waals surface area contributed by atoms with Crippen LogP contribution in [0.25, 0.3) is 0 Å². The number of benzene rings is 1. The van der Waals surface area contributed by atoms with Crippen LogP contribution in [0.4, 0.5) is 4.79 Å². The first-order chi connectivity index (χ1) is 14.9. The number of fused-ring (bicyclic) bond motifs is 1. The molecule has 2 aliphatic heterocycles. The summed E-state index contributed by atoms with van der Waals surface area (Å²) < 4.78 is 5.73. The van der Waals surface area contributed by atoms with Crippen molar-refractivity contribution in [3.05, 3.63) is 62.8 Å². The van der Waals surface area contributed by atoms with E-state index in [-0.39, 0.29) is 42.1 Å². The largest absolute Gasteiger partial charge is 0.358 e. The van der Waals surface area contributed by atoms with Crippen molar-refractivity contribution in [2.24, 2.45) is 5.92 Å². The van der Waals surface area contributed by atoms with Crippen LogP contribution in [-0.2, 0) is 22.5 Å². The first-order valence-corrected chi connectivity index (χ1v) is 10.5.